The number of nitrogens with zero attached hydrogens (tertiary/aromatic N) is 1. The van der Waals surface area contributed by atoms with E-state index >= 15 is 0 Å². The van der Waals surface area contributed by atoms with E-state index in [9.17, 15) is 9.59 Å². The van der Waals surface area contributed by atoms with E-state index in [1.165, 1.54) is 0 Å². The van der Waals surface area contributed by atoms with E-state index in [0.29, 0.717) is 60.3 Å². The number of likely N-dealkylation sites (tertiary alicyclic amines) is 1. The molecule has 1 fully saturated rings. The molecule has 1 saturated heterocycles. The second-order valence-electron chi connectivity index (χ2n) is 7.72. The third-order valence-electron chi connectivity index (χ3n) is 5.66. The lowest BCUT2D eigenvalue weighted by molar-refractivity contribution is -0.121. The van der Waals surface area contributed by atoms with Gasteiger partial charge in [-0.1, -0.05) is 0 Å². The van der Waals surface area contributed by atoms with Gasteiger partial charge in [0.25, 0.3) is 0 Å². The SMILES string of the molecule is COc1ccc(NC(=O)CN2CCC(C(=O)Nc3ccc(OC)c(OC)c3)CC2)c(OC)c1. The van der Waals surface area contributed by atoms with Crippen molar-refractivity contribution in [2.75, 3.05) is 58.7 Å². The zero-order valence-corrected chi connectivity index (χ0v) is 19.5. The first-order valence-electron chi connectivity index (χ1n) is 10.7. The Labute approximate surface area is 193 Å². The van der Waals surface area contributed by atoms with E-state index in [1.807, 2.05) is 4.90 Å². The summed E-state index contributed by atoms with van der Waals surface area (Å²) in [5.74, 6) is 2.07. The minimum absolute atomic E-state index is 0.0331. The van der Waals surface area contributed by atoms with Gasteiger partial charge in [0.2, 0.25) is 11.8 Å². The highest BCUT2D eigenvalue weighted by Crippen LogP contribution is 2.31. The van der Waals surface area contributed by atoms with Crippen molar-refractivity contribution < 1.29 is 28.5 Å². The zero-order chi connectivity index (χ0) is 23.8. The van der Waals surface area contributed by atoms with Gasteiger partial charge in [-0.2, -0.15) is 0 Å². The number of rotatable bonds is 9. The van der Waals surface area contributed by atoms with Crippen LogP contribution in [0.2, 0.25) is 0 Å². The number of piperidine rings is 1. The first-order chi connectivity index (χ1) is 16.0. The molecular formula is C24H31N3O6. The van der Waals surface area contributed by atoms with Crippen LogP contribution >= 0.6 is 0 Å². The van der Waals surface area contributed by atoms with Gasteiger partial charge in [0.1, 0.15) is 11.5 Å². The summed E-state index contributed by atoms with van der Waals surface area (Å²) in [5, 5.41) is 5.84. The summed E-state index contributed by atoms with van der Waals surface area (Å²) in [7, 11) is 6.24. The van der Waals surface area contributed by atoms with Crippen LogP contribution in [-0.2, 0) is 9.59 Å². The molecule has 0 bridgehead atoms. The molecule has 0 spiro atoms. The maximum atomic E-state index is 12.7. The van der Waals surface area contributed by atoms with E-state index in [4.69, 9.17) is 18.9 Å². The van der Waals surface area contributed by atoms with Crippen molar-refractivity contribution in [2.24, 2.45) is 5.92 Å². The lowest BCUT2D eigenvalue weighted by Gasteiger charge is -2.30. The predicted octanol–water partition coefficient (Wildman–Crippen LogP) is 3.01. The average molecular weight is 458 g/mol. The Morgan fingerprint density at radius 3 is 2.18 bits per heavy atom. The van der Waals surface area contributed by atoms with Crippen molar-refractivity contribution in [1.29, 1.82) is 0 Å². The highest BCUT2D eigenvalue weighted by atomic mass is 16.5. The monoisotopic (exact) mass is 457 g/mol. The molecule has 1 heterocycles. The van der Waals surface area contributed by atoms with Gasteiger partial charge in [0.05, 0.1) is 40.7 Å². The van der Waals surface area contributed by atoms with Gasteiger partial charge in [-0.15, -0.1) is 0 Å². The Kier molecular flexibility index (Phi) is 8.37. The highest BCUT2D eigenvalue weighted by Gasteiger charge is 2.26. The van der Waals surface area contributed by atoms with E-state index < -0.39 is 0 Å². The second-order valence-corrected chi connectivity index (χ2v) is 7.72. The molecule has 9 nitrogen and oxygen atoms in total. The Balaban J connectivity index is 1.48. The van der Waals surface area contributed by atoms with Crippen LogP contribution in [0.25, 0.3) is 0 Å². The van der Waals surface area contributed by atoms with Gasteiger partial charge in [0, 0.05) is 23.7 Å². The Hall–Kier alpha value is -3.46. The van der Waals surface area contributed by atoms with Crippen LogP contribution in [0.5, 0.6) is 23.0 Å². The van der Waals surface area contributed by atoms with Crippen LogP contribution in [0.4, 0.5) is 11.4 Å². The van der Waals surface area contributed by atoms with E-state index in [1.54, 1.807) is 64.8 Å². The molecule has 2 aromatic carbocycles. The molecule has 1 aliphatic heterocycles. The summed E-state index contributed by atoms with van der Waals surface area (Å²) < 4.78 is 21.0. The van der Waals surface area contributed by atoms with Gasteiger partial charge in [-0.25, -0.2) is 0 Å². The minimum Gasteiger partial charge on any atom is -0.497 e. The number of methoxy groups -OCH3 is 4. The zero-order valence-electron chi connectivity index (χ0n) is 19.5. The van der Waals surface area contributed by atoms with Crippen molar-refractivity contribution in [2.45, 2.75) is 12.8 Å². The number of amides is 2. The molecule has 1 aliphatic rings. The van der Waals surface area contributed by atoms with Crippen LogP contribution in [-0.4, -0.2) is 64.8 Å². The Morgan fingerprint density at radius 1 is 0.848 bits per heavy atom. The molecule has 33 heavy (non-hydrogen) atoms. The van der Waals surface area contributed by atoms with Crippen molar-refractivity contribution in [3.8, 4) is 23.0 Å². The van der Waals surface area contributed by atoms with Crippen LogP contribution < -0.4 is 29.6 Å². The van der Waals surface area contributed by atoms with Gasteiger partial charge < -0.3 is 29.6 Å². The molecule has 0 radical (unpaired) electrons. The normalized spacial score (nSPS) is 14.3. The van der Waals surface area contributed by atoms with Crippen molar-refractivity contribution in [1.82, 2.24) is 4.90 Å². The Morgan fingerprint density at radius 2 is 1.55 bits per heavy atom. The molecule has 178 valence electrons. The molecule has 0 aliphatic carbocycles. The van der Waals surface area contributed by atoms with Crippen LogP contribution in [0.15, 0.2) is 36.4 Å². The quantitative estimate of drug-likeness (QED) is 0.597. The molecule has 0 aromatic heterocycles. The number of carbonyl (C=O) groups is 2. The summed E-state index contributed by atoms with van der Waals surface area (Å²) in [5.41, 5.74) is 1.25. The van der Waals surface area contributed by atoms with Crippen molar-refractivity contribution in [3.05, 3.63) is 36.4 Å². The van der Waals surface area contributed by atoms with Gasteiger partial charge in [0.15, 0.2) is 11.5 Å². The summed E-state index contributed by atoms with van der Waals surface area (Å²) in [6.07, 6.45) is 1.36. The number of benzene rings is 2. The number of hydrogen-bond donors (Lipinski definition) is 2. The largest absolute Gasteiger partial charge is 0.497 e. The number of carbonyl (C=O) groups excluding carboxylic acids is 2. The molecule has 0 unspecified atom stereocenters. The second kappa shape index (κ2) is 11.4. The number of ether oxygens (including phenoxy) is 4. The molecule has 2 amide bonds. The first kappa shape index (κ1) is 24.2. The third kappa shape index (κ3) is 6.29. The summed E-state index contributed by atoms with van der Waals surface area (Å²) in [6, 6.07) is 10.5. The maximum Gasteiger partial charge on any atom is 0.238 e. The number of nitrogens with one attached hydrogen (secondary N) is 2. The fourth-order valence-corrected chi connectivity index (χ4v) is 3.81. The maximum absolute atomic E-state index is 12.7. The van der Waals surface area contributed by atoms with E-state index in [2.05, 4.69) is 10.6 Å². The molecule has 3 rings (SSSR count). The predicted molar refractivity (Wildman–Crippen MR) is 126 cm³/mol. The van der Waals surface area contributed by atoms with Crippen LogP contribution in [0.3, 0.4) is 0 Å². The minimum atomic E-state index is -0.133. The lowest BCUT2D eigenvalue weighted by atomic mass is 9.95. The molecule has 2 aromatic rings. The molecule has 9 heteroatoms. The van der Waals surface area contributed by atoms with Gasteiger partial charge >= 0.3 is 0 Å². The van der Waals surface area contributed by atoms with Crippen molar-refractivity contribution >= 4 is 23.2 Å². The van der Waals surface area contributed by atoms with Gasteiger partial charge in [-0.05, 0) is 50.2 Å². The van der Waals surface area contributed by atoms with Crippen LogP contribution in [0, 0.1) is 5.92 Å². The Bertz CT molecular complexity index is 973. The summed E-state index contributed by atoms with van der Waals surface area (Å²) in [4.78, 5) is 27.3. The molecular weight excluding hydrogens is 426 g/mol. The smallest absolute Gasteiger partial charge is 0.238 e. The average Bonchev–Trinajstić information content (AvgIpc) is 2.84. The van der Waals surface area contributed by atoms with Gasteiger partial charge in [-0.3, -0.25) is 14.5 Å². The number of anilines is 2. The standard InChI is InChI=1S/C24H31N3O6/c1-30-18-6-7-19(21(14-18)32-3)26-23(28)15-27-11-9-16(10-12-27)24(29)25-17-5-8-20(31-2)22(13-17)33-4/h5-8,13-14,16H,9-12,15H2,1-4H3,(H,25,29)(H,26,28). The molecule has 0 saturated carbocycles. The lowest BCUT2D eigenvalue weighted by Crippen LogP contribution is -2.41. The fourth-order valence-electron chi connectivity index (χ4n) is 3.81. The molecule has 0 atom stereocenters. The van der Waals surface area contributed by atoms with E-state index in [-0.39, 0.29) is 24.3 Å². The third-order valence-corrected chi connectivity index (χ3v) is 5.66. The summed E-state index contributed by atoms with van der Waals surface area (Å²) in [6.45, 7) is 1.58. The summed E-state index contributed by atoms with van der Waals surface area (Å²) >= 11 is 0. The highest BCUT2D eigenvalue weighted by molar-refractivity contribution is 5.94. The topological polar surface area (TPSA) is 98.4 Å². The first-order valence-corrected chi connectivity index (χ1v) is 10.7. The van der Waals surface area contributed by atoms with Crippen molar-refractivity contribution in [3.63, 3.8) is 0 Å². The number of hydrogen-bond acceptors (Lipinski definition) is 7. The van der Waals surface area contributed by atoms with Crippen LogP contribution in [0.1, 0.15) is 12.8 Å². The molecule has 2 N–H and O–H groups in total. The fraction of sp³-hybridized carbons (Fsp3) is 0.417. The van der Waals surface area contributed by atoms with E-state index in [0.717, 1.165) is 0 Å².